The third kappa shape index (κ3) is 10.2. The molecule has 0 spiro atoms. The van der Waals surface area contributed by atoms with Crippen molar-refractivity contribution < 1.29 is 52.4 Å². The third-order valence-corrected chi connectivity index (χ3v) is 14.2. The Labute approximate surface area is 383 Å². The average Bonchev–Trinajstić information content (AvgIpc) is 3.85. The summed E-state index contributed by atoms with van der Waals surface area (Å²) in [5.74, 6) is -5.75. The molecule has 3 fully saturated rings. The molecule has 3 saturated heterocycles. The minimum Gasteiger partial charge on any atom is -0.457 e. The van der Waals surface area contributed by atoms with Crippen LogP contribution in [0, 0.1) is 23.7 Å². The van der Waals surface area contributed by atoms with E-state index in [1.807, 2.05) is 76.4 Å². The van der Waals surface area contributed by atoms with Crippen molar-refractivity contribution in [1.29, 1.82) is 0 Å². The minimum absolute atomic E-state index is 0.0905. The summed E-state index contributed by atoms with van der Waals surface area (Å²) in [7, 11) is 5.27. The molecule has 0 radical (unpaired) electrons. The van der Waals surface area contributed by atoms with Crippen LogP contribution in [-0.2, 0) is 49.3 Å². The van der Waals surface area contributed by atoms with Crippen LogP contribution in [0.2, 0.25) is 0 Å². The van der Waals surface area contributed by atoms with Crippen molar-refractivity contribution in [2.24, 2.45) is 23.7 Å². The lowest BCUT2D eigenvalue weighted by molar-refractivity contribution is -0.294. The Morgan fingerprint density at radius 3 is 2.29 bits per heavy atom. The van der Waals surface area contributed by atoms with E-state index in [-0.39, 0.29) is 43.7 Å². The van der Waals surface area contributed by atoms with Gasteiger partial charge >= 0.3 is 18.0 Å². The molecule has 3 aliphatic heterocycles. The van der Waals surface area contributed by atoms with Crippen molar-refractivity contribution in [3.63, 3.8) is 0 Å². The Morgan fingerprint density at radius 1 is 0.923 bits per heavy atom. The van der Waals surface area contributed by atoms with Crippen molar-refractivity contribution >= 4 is 40.8 Å². The fraction of sp³-hybridized carbons (Fsp3) is 0.653. The van der Waals surface area contributed by atoms with Gasteiger partial charge in [0.15, 0.2) is 29.4 Å². The molecule has 0 aliphatic carbocycles. The Balaban J connectivity index is 1.34. The van der Waals surface area contributed by atoms with Crippen LogP contribution in [0.25, 0.3) is 11.2 Å². The summed E-state index contributed by atoms with van der Waals surface area (Å²) in [6.07, 6.45) is 0.718. The van der Waals surface area contributed by atoms with Crippen LogP contribution >= 0.6 is 0 Å². The summed E-state index contributed by atoms with van der Waals surface area (Å²) < 4.78 is 40.6. The van der Waals surface area contributed by atoms with Crippen molar-refractivity contribution in [2.45, 2.75) is 154 Å². The van der Waals surface area contributed by atoms with Gasteiger partial charge in [0.2, 0.25) is 0 Å². The van der Waals surface area contributed by atoms with Crippen molar-refractivity contribution in [3.8, 4) is 0 Å². The van der Waals surface area contributed by atoms with E-state index in [1.165, 1.54) is 14.0 Å². The van der Waals surface area contributed by atoms with Gasteiger partial charge < -0.3 is 42.8 Å². The largest absolute Gasteiger partial charge is 0.457 e. The van der Waals surface area contributed by atoms with Gasteiger partial charge in [-0.1, -0.05) is 52.8 Å². The highest BCUT2D eigenvalue weighted by atomic mass is 16.7. The smallest absolute Gasteiger partial charge is 0.410 e. The van der Waals surface area contributed by atoms with E-state index in [0.717, 1.165) is 5.52 Å². The predicted octanol–water partition coefficient (Wildman–Crippen LogP) is 6.67. The summed E-state index contributed by atoms with van der Waals surface area (Å²) in [5, 5.41) is 0. The predicted molar refractivity (Wildman–Crippen MR) is 241 cm³/mol. The summed E-state index contributed by atoms with van der Waals surface area (Å²) in [5.41, 5.74) is -0.813. The number of cyclic esters (lactones) is 1. The molecule has 13 atom stereocenters. The second-order valence-corrected chi connectivity index (χ2v) is 18.7. The molecule has 0 saturated carbocycles. The SMILES string of the molecule is CC[C@H]1OC(=O)[C@H](C)C(=O)[C@H](C)[C@@H](OC2O[C@H](C)C[C@H](N(C)C)[C@H]2OC(=O)c2ccccc2)[C@@](C)(OC)C[C@@H](C)C(=O)[C@H](C)[C@H]2N(CCCCn3cnc4ncccc43)C(=O)O[C@]12CC. The third-order valence-electron chi connectivity index (χ3n) is 14.2. The van der Waals surface area contributed by atoms with Crippen LogP contribution in [0.5, 0.6) is 0 Å². The summed E-state index contributed by atoms with van der Waals surface area (Å²) >= 11 is 0. The lowest BCUT2D eigenvalue weighted by Crippen LogP contribution is -2.61. The Hall–Kier alpha value is -4.77. The Morgan fingerprint density at radius 2 is 1.63 bits per heavy atom. The standard InChI is InChI=1S/C49H69N5O11/c1-12-37-49(13-2)41(54(47(59)65-49)25-18-17-24-53-28-51-43-35(53)22-19-23-50-43)31(5)38(55)29(3)27-48(8,60-11)42(32(6)39(56)33(7)44(57)62-37)64-46-40(36(52(9)10)26-30(4)61-46)63-45(58)34-20-15-14-16-21-34/h14-16,19-23,28-33,36-37,40-42,46H,12-13,17-18,24-27H2,1-11H3/t29-,30-,31+,32+,33-,36+,37-,40-,41-,42-,46?,48+,49-/m1/s1. The molecule has 0 N–H and O–H groups in total. The number of esters is 2. The molecule has 1 unspecified atom stereocenters. The highest BCUT2D eigenvalue weighted by Crippen LogP contribution is 2.45. The number of imidazole rings is 1. The number of carbonyl (C=O) groups is 5. The molecule has 1 aromatic carbocycles. The zero-order valence-corrected chi connectivity index (χ0v) is 39.9. The molecule has 0 bridgehead atoms. The van der Waals surface area contributed by atoms with Crippen molar-refractivity contribution in [3.05, 3.63) is 60.6 Å². The molecule has 3 aromatic rings. The van der Waals surface area contributed by atoms with Gasteiger partial charge in [-0.15, -0.1) is 0 Å². The van der Waals surface area contributed by atoms with Crippen LogP contribution in [0.3, 0.4) is 0 Å². The van der Waals surface area contributed by atoms with E-state index in [4.69, 9.17) is 28.4 Å². The maximum absolute atomic E-state index is 15.0. The number of unbranched alkanes of at least 4 members (excludes halogenated alkanes) is 1. The van der Waals surface area contributed by atoms with E-state index in [2.05, 4.69) is 9.97 Å². The number of ether oxygens (including phenoxy) is 6. The van der Waals surface area contributed by atoms with Gasteiger partial charge in [-0.25, -0.2) is 19.6 Å². The number of likely N-dealkylation sites (N-methyl/N-ethyl adjacent to an activating group) is 1. The molecule has 16 nitrogen and oxygen atoms in total. The fourth-order valence-corrected chi connectivity index (χ4v) is 10.5. The van der Waals surface area contributed by atoms with Gasteiger partial charge in [-0.05, 0) is 97.7 Å². The molecular weight excluding hydrogens is 835 g/mol. The van der Waals surface area contributed by atoms with Gasteiger partial charge in [0.05, 0.1) is 47.3 Å². The lowest BCUT2D eigenvalue weighted by Gasteiger charge is -2.48. The summed E-state index contributed by atoms with van der Waals surface area (Å²) in [6, 6.07) is 11.3. The average molecular weight is 904 g/mol. The van der Waals surface area contributed by atoms with E-state index in [1.54, 1.807) is 55.5 Å². The zero-order valence-electron chi connectivity index (χ0n) is 39.9. The van der Waals surface area contributed by atoms with Crippen LogP contribution in [0.1, 0.15) is 104 Å². The van der Waals surface area contributed by atoms with E-state index < -0.39 is 89.3 Å². The summed E-state index contributed by atoms with van der Waals surface area (Å²) in [6.45, 7) is 15.1. The van der Waals surface area contributed by atoms with Crippen LogP contribution in [-0.4, -0.2) is 136 Å². The molecule has 3 aliphatic rings. The summed E-state index contributed by atoms with van der Waals surface area (Å²) in [4.78, 5) is 84.1. The monoisotopic (exact) mass is 903 g/mol. The van der Waals surface area contributed by atoms with Crippen LogP contribution in [0.15, 0.2) is 55.0 Å². The number of methoxy groups -OCH3 is 1. The number of aryl methyl sites for hydroxylation is 1. The number of benzene rings is 1. The Kier molecular flexibility index (Phi) is 15.9. The van der Waals surface area contributed by atoms with Gasteiger partial charge in [0.25, 0.3) is 0 Å². The molecule has 65 heavy (non-hydrogen) atoms. The number of aromatic nitrogens is 3. The molecule has 356 valence electrons. The molecule has 6 rings (SSSR count). The minimum atomic E-state index is -1.39. The van der Waals surface area contributed by atoms with Crippen molar-refractivity contribution in [1.82, 2.24) is 24.3 Å². The highest BCUT2D eigenvalue weighted by Gasteiger charge is 2.62. The number of ketones is 2. The molecule has 1 amide bonds. The molecular formula is C49H69N5O11. The zero-order chi connectivity index (χ0) is 47.4. The maximum atomic E-state index is 15.0. The van der Waals surface area contributed by atoms with E-state index in [0.29, 0.717) is 37.0 Å². The number of nitrogens with zero attached hydrogens (tertiary/aromatic N) is 5. The first-order valence-corrected chi connectivity index (χ1v) is 23.2. The number of carbonyl (C=O) groups excluding carboxylic acids is 5. The number of fused-ring (bicyclic) bond motifs is 2. The molecule has 5 heterocycles. The van der Waals surface area contributed by atoms with Gasteiger partial charge in [0.1, 0.15) is 17.8 Å². The van der Waals surface area contributed by atoms with Crippen LogP contribution in [0.4, 0.5) is 4.79 Å². The topological polar surface area (TPSA) is 178 Å². The highest BCUT2D eigenvalue weighted by molar-refractivity contribution is 6.00. The van der Waals surface area contributed by atoms with E-state index in [9.17, 15) is 19.2 Å². The fourth-order valence-electron chi connectivity index (χ4n) is 10.5. The number of pyridine rings is 1. The first-order valence-electron chi connectivity index (χ1n) is 23.2. The van der Waals surface area contributed by atoms with Gasteiger partial charge in [-0.3, -0.25) is 14.4 Å². The van der Waals surface area contributed by atoms with Crippen molar-refractivity contribution in [2.75, 3.05) is 27.7 Å². The number of hydrogen-bond acceptors (Lipinski definition) is 14. The second kappa shape index (κ2) is 20.8. The quantitative estimate of drug-likeness (QED) is 0.0769. The number of amides is 1. The van der Waals surface area contributed by atoms with E-state index >= 15 is 4.79 Å². The first kappa shape index (κ1) is 49.7. The number of rotatable bonds is 13. The maximum Gasteiger partial charge on any atom is 0.410 e. The van der Waals surface area contributed by atoms with Crippen LogP contribution < -0.4 is 0 Å². The normalized spacial score (nSPS) is 34.0. The second-order valence-electron chi connectivity index (χ2n) is 18.7. The number of hydrogen-bond donors (Lipinski definition) is 0. The van der Waals surface area contributed by atoms with Gasteiger partial charge in [0, 0.05) is 44.1 Å². The Bertz CT molecular complexity index is 2150. The van der Waals surface area contributed by atoms with Gasteiger partial charge in [-0.2, -0.15) is 0 Å². The lowest BCUT2D eigenvalue weighted by atomic mass is 9.72. The molecule has 16 heteroatoms. The first-order chi connectivity index (χ1) is 30.9. The number of Topliss-reactive ketones (excluding diaryl/α,β-unsaturated/α-hetero) is 2. The molecule has 2 aromatic heterocycles.